The van der Waals surface area contributed by atoms with Gasteiger partial charge >= 0.3 is 0 Å². The fourth-order valence-electron chi connectivity index (χ4n) is 4.22. The largest absolute Gasteiger partial charge is 0.117 e. The Morgan fingerprint density at radius 2 is 1.60 bits per heavy atom. The van der Waals surface area contributed by atoms with Gasteiger partial charge in [-0.1, -0.05) is 52.3 Å². The SMILES string of the molecule is CC(C)c1ccc(C(Cl)C2C3CCCC32)c(C(C)C)c1. The first-order valence-electron chi connectivity index (χ1n) is 8.28. The lowest BCUT2D eigenvalue weighted by Crippen LogP contribution is -2.05. The molecule has 0 radical (unpaired) electrons. The van der Waals surface area contributed by atoms with E-state index in [1.165, 1.54) is 36.0 Å². The van der Waals surface area contributed by atoms with Crippen LogP contribution in [-0.4, -0.2) is 0 Å². The van der Waals surface area contributed by atoms with Crippen molar-refractivity contribution in [2.75, 3.05) is 0 Å². The van der Waals surface area contributed by atoms with Gasteiger partial charge in [0.25, 0.3) is 0 Å². The van der Waals surface area contributed by atoms with E-state index < -0.39 is 0 Å². The Balaban J connectivity index is 1.88. The highest BCUT2D eigenvalue weighted by Gasteiger charge is 2.55. The minimum Gasteiger partial charge on any atom is -0.117 e. The minimum absolute atomic E-state index is 0.240. The zero-order valence-electron chi connectivity index (χ0n) is 13.2. The number of alkyl halides is 1. The molecule has 0 aliphatic heterocycles. The van der Waals surface area contributed by atoms with E-state index in [9.17, 15) is 0 Å². The van der Waals surface area contributed by atoms with Crippen molar-refractivity contribution in [1.29, 1.82) is 0 Å². The maximum Gasteiger partial charge on any atom is 0.0621 e. The molecule has 20 heavy (non-hydrogen) atoms. The van der Waals surface area contributed by atoms with Crippen molar-refractivity contribution in [2.24, 2.45) is 17.8 Å². The van der Waals surface area contributed by atoms with E-state index in [1.54, 1.807) is 0 Å². The van der Waals surface area contributed by atoms with Crippen LogP contribution in [-0.2, 0) is 0 Å². The van der Waals surface area contributed by atoms with Crippen LogP contribution in [0.3, 0.4) is 0 Å². The van der Waals surface area contributed by atoms with Crippen LogP contribution in [0.4, 0.5) is 0 Å². The highest BCUT2D eigenvalue weighted by atomic mass is 35.5. The lowest BCUT2D eigenvalue weighted by Gasteiger charge is -2.21. The lowest BCUT2D eigenvalue weighted by molar-refractivity contribution is 0.570. The molecule has 0 heterocycles. The molecular formula is C19H27Cl. The first kappa shape index (κ1) is 14.4. The van der Waals surface area contributed by atoms with E-state index in [2.05, 4.69) is 45.9 Å². The van der Waals surface area contributed by atoms with Gasteiger partial charge in [0.1, 0.15) is 0 Å². The molecule has 2 aliphatic carbocycles. The maximum atomic E-state index is 6.89. The number of hydrogen-bond donors (Lipinski definition) is 0. The summed E-state index contributed by atoms with van der Waals surface area (Å²) >= 11 is 6.89. The van der Waals surface area contributed by atoms with Crippen LogP contribution < -0.4 is 0 Å². The molecule has 0 N–H and O–H groups in total. The molecule has 2 aliphatic rings. The molecule has 0 aromatic heterocycles. The van der Waals surface area contributed by atoms with Gasteiger partial charge in [0, 0.05) is 0 Å². The molecule has 2 fully saturated rings. The van der Waals surface area contributed by atoms with Crippen molar-refractivity contribution in [3.63, 3.8) is 0 Å². The summed E-state index contributed by atoms with van der Waals surface area (Å²) < 4.78 is 0. The smallest absolute Gasteiger partial charge is 0.0621 e. The molecule has 0 amide bonds. The predicted octanol–water partition coefficient (Wildman–Crippen LogP) is 6.26. The predicted molar refractivity (Wildman–Crippen MR) is 87.5 cm³/mol. The van der Waals surface area contributed by atoms with Gasteiger partial charge in [-0.05, 0) is 59.1 Å². The third-order valence-corrected chi connectivity index (χ3v) is 6.03. The van der Waals surface area contributed by atoms with Gasteiger partial charge in [0.05, 0.1) is 5.38 Å². The van der Waals surface area contributed by atoms with Crippen LogP contribution in [0.1, 0.15) is 80.9 Å². The van der Waals surface area contributed by atoms with Crippen molar-refractivity contribution in [2.45, 2.75) is 64.2 Å². The molecule has 1 aromatic rings. The normalized spacial score (nSPS) is 29.9. The molecule has 0 spiro atoms. The summed E-state index contributed by atoms with van der Waals surface area (Å²) in [6, 6.07) is 7.01. The second-order valence-electron chi connectivity index (χ2n) is 7.44. The Hall–Kier alpha value is -0.490. The quantitative estimate of drug-likeness (QED) is 0.574. The average Bonchev–Trinajstić information content (AvgIpc) is 2.89. The molecule has 3 rings (SSSR count). The summed E-state index contributed by atoms with van der Waals surface area (Å²) in [6.07, 6.45) is 4.26. The monoisotopic (exact) mass is 290 g/mol. The van der Waals surface area contributed by atoms with Crippen molar-refractivity contribution >= 4 is 11.6 Å². The van der Waals surface area contributed by atoms with Gasteiger partial charge in [-0.25, -0.2) is 0 Å². The minimum atomic E-state index is 0.240. The Labute approximate surface area is 128 Å². The second-order valence-corrected chi connectivity index (χ2v) is 7.91. The van der Waals surface area contributed by atoms with E-state index >= 15 is 0 Å². The van der Waals surface area contributed by atoms with Crippen LogP contribution in [0.5, 0.6) is 0 Å². The fraction of sp³-hybridized carbons (Fsp3) is 0.684. The molecule has 0 saturated heterocycles. The molecule has 0 nitrogen and oxygen atoms in total. The highest BCUT2D eigenvalue weighted by Crippen LogP contribution is 2.64. The number of fused-ring (bicyclic) bond motifs is 1. The zero-order chi connectivity index (χ0) is 14.4. The summed E-state index contributed by atoms with van der Waals surface area (Å²) in [4.78, 5) is 0. The summed E-state index contributed by atoms with van der Waals surface area (Å²) in [5.74, 6) is 3.77. The van der Waals surface area contributed by atoms with E-state index in [0.717, 1.165) is 17.8 Å². The topological polar surface area (TPSA) is 0 Å². The fourth-order valence-corrected chi connectivity index (χ4v) is 4.79. The van der Waals surface area contributed by atoms with Crippen LogP contribution in [0.2, 0.25) is 0 Å². The van der Waals surface area contributed by atoms with Gasteiger partial charge in [0.15, 0.2) is 0 Å². The van der Waals surface area contributed by atoms with Crippen molar-refractivity contribution in [1.82, 2.24) is 0 Å². The van der Waals surface area contributed by atoms with E-state index in [4.69, 9.17) is 11.6 Å². The molecule has 1 heteroatoms. The Morgan fingerprint density at radius 1 is 0.950 bits per heavy atom. The number of hydrogen-bond acceptors (Lipinski definition) is 0. The Morgan fingerprint density at radius 3 is 2.15 bits per heavy atom. The molecule has 110 valence electrons. The van der Waals surface area contributed by atoms with Crippen molar-refractivity contribution < 1.29 is 0 Å². The Bertz CT molecular complexity index is 479. The van der Waals surface area contributed by atoms with Gasteiger partial charge in [-0.2, -0.15) is 0 Å². The van der Waals surface area contributed by atoms with Crippen LogP contribution in [0.25, 0.3) is 0 Å². The standard InChI is InChI=1S/C19H27Cl/c1-11(2)13-8-9-16(17(10-13)12(3)4)19(20)18-14-6-5-7-15(14)18/h8-12,14-15,18-19H,5-7H2,1-4H3. The van der Waals surface area contributed by atoms with Crippen LogP contribution in [0.15, 0.2) is 18.2 Å². The van der Waals surface area contributed by atoms with E-state index in [0.29, 0.717) is 11.8 Å². The highest BCUT2D eigenvalue weighted by molar-refractivity contribution is 6.21. The van der Waals surface area contributed by atoms with Gasteiger partial charge in [-0.15, -0.1) is 11.6 Å². The second kappa shape index (κ2) is 5.37. The average molecular weight is 291 g/mol. The Kier molecular flexibility index (Phi) is 3.88. The van der Waals surface area contributed by atoms with Gasteiger partial charge in [-0.3, -0.25) is 0 Å². The van der Waals surface area contributed by atoms with Crippen molar-refractivity contribution in [3.8, 4) is 0 Å². The number of rotatable bonds is 4. The molecule has 3 unspecified atom stereocenters. The molecular weight excluding hydrogens is 264 g/mol. The zero-order valence-corrected chi connectivity index (χ0v) is 14.0. The molecule has 3 atom stereocenters. The number of benzene rings is 1. The summed E-state index contributed by atoms with van der Waals surface area (Å²) in [5.41, 5.74) is 4.32. The van der Waals surface area contributed by atoms with Crippen molar-refractivity contribution in [3.05, 3.63) is 34.9 Å². The third-order valence-electron chi connectivity index (χ3n) is 5.51. The summed E-state index contributed by atoms with van der Waals surface area (Å²) in [6.45, 7) is 9.12. The molecule has 2 saturated carbocycles. The van der Waals surface area contributed by atoms with Gasteiger partial charge in [0.2, 0.25) is 0 Å². The summed E-state index contributed by atoms with van der Waals surface area (Å²) in [5, 5.41) is 0.240. The first-order chi connectivity index (χ1) is 9.50. The van der Waals surface area contributed by atoms with E-state index in [1.807, 2.05) is 0 Å². The molecule has 1 aromatic carbocycles. The van der Waals surface area contributed by atoms with Crippen LogP contribution >= 0.6 is 11.6 Å². The first-order valence-corrected chi connectivity index (χ1v) is 8.72. The van der Waals surface area contributed by atoms with Crippen LogP contribution in [0, 0.1) is 17.8 Å². The summed E-state index contributed by atoms with van der Waals surface area (Å²) in [7, 11) is 0. The molecule has 0 bridgehead atoms. The third kappa shape index (κ3) is 2.41. The number of halogens is 1. The maximum absolute atomic E-state index is 6.89. The van der Waals surface area contributed by atoms with E-state index in [-0.39, 0.29) is 5.38 Å². The lowest BCUT2D eigenvalue weighted by atomic mass is 9.88. The van der Waals surface area contributed by atoms with Gasteiger partial charge < -0.3 is 0 Å².